The highest BCUT2D eigenvalue weighted by atomic mass is 16.2. The molecule has 33 heavy (non-hydrogen) atoms. The standard InChI is InChI=1S/C24H24N6O3/c1-15(2)22-20-13-25-30(19-10-5-4-6-11-19)23(20)24(33)29(28-22)14-21(32)27-18-9-7-8-17(12-18)26-16(3)31/h4-13,15H,14H2,1-3H3,(H,26,31)(H,27,32). The first kappa shape index (κ1) is 21.9. The van der Waals surface area contributed by atoms with E-state index in [9.17, 15) is 14.4 Å². The first-order valence-corrected chi connectivity index (χ1v) is 10.5. The van der Waals surface area contributed by atoms with Gasteiger partial charge < -0.3 is 10.6 Å². The molecule has 0 aliphatic heterocycles. The Hall–Kier alpha value is -4.27. The summed E-state index contributed by atoms with van der Waals surface area (Å²) in [5.74, 6) is -0.603. The number of carbonyl (C=O) groups is 2. The van der Waals surface area contributed by atoms with Crippen LogP contribution < -0.4 is 16.2 Å². The average Bonchev–Trinajstić information content (AvgIpc) is 3.21. The van der Waals surface area contributed by atoms with Crippen LogP contribution in [0.2, 0.25) is 0 Å². The Kier molecular flexibility index (Phi) is 6.03. The molecule has 2 heterocycles. The number of fused-ring (bicyclic) bond motifs is 1. The molecule has 0 saturated heterocycles. The van der Waals surface area contributed by atoms with Crippen LogP contribution in [-0.2, 0) is 16.1 Å². The van der Waals surface area contributed by atoms with E-state index in [1.165, 1.54) is 11.6 Å². The van der Waals surface area contributed by atoms with E-state index in [0.717, 1.165) is 5.69 Å². The second-order valence-electron chi connectivity index (χ2n) is 7.97. The summed E-state index contributed by atoms with van der Waals surface area (Å²) in [6, 6.07) is 16.1. The van der Waals surface area contributed by atoms with Gasteiger partial charge in [-0.3, -0.25) is 14.4 Å². The van der Waals surface area contributed by atoms with Gasteiger partial charge in [0.1, 0.15) is 12.1 Å². The highest BCUT2D eigenvalue weighted by Crippen LogP contribution is 2.23. The number of nitrogens with zero attached hydrogens (tertiary/aromatic N) is 4. The molecule has 0 unspecified atom stereocenters. The molecule has 2 amide bonds. The van der Waals surface area contributed by atoms with Crippen molar-refractivity contribution in [1.82, 2.24) is 19.6 Å². The summed E-state index contributed by atoms with van der Waals surface area (Å²) >= 11 is 0. The molecular formula is C24H24N6O3. The van der Waals surface area contributed by atoms with E-state index in [4.69, 9.17) is 0 Å². The lowest BCUT2D eigenvalue weighted by Crippen LogP contribution is -2.31. The zero-order valence-corrected chi connectivity index (χ0v) is 18.6. The van der Waals surface area contributed by atoms with E-state index in [1.54, 1.807) is 35.1 Å². The minimum atomic E-state index is -0.413. The molecule has 2 aromatic carbocycles. The predicted octanol–water partition coefficient (Wildman–Crippen LogP) is 3.30. The van der Waals surface area contributed by atoms with Crippen molar-refractivity contribution in [2.45, 2.75) is 33.2 Å². The van der Waals surface area contributed by atoms with Gasteiger partial charge in [0.25, 0.3) is 5.56 Å². The Balaban J connectivity index is 1.69. The fourth-order valence-corrected chi connectivity index (χ4v) is 3.61. The summed E-state index contributed by atoms with van der Waals surface area (Å²) in [6.45, 7) is 5.10. The maximum atomic E-state index is 13.3. The van der Waals surface area contributed by atoms with Crippen LogP contribution in [0.4, 0.5) is 11.4 Å². The fourth-order valence-electron chi connectivity index (χ4n) is 3.61. The molecule has 2 aromatic heterocycles. The second kappa shape index (κ2) is 9.07. The maximum absolute atomic E-state index is 13.3. The van der Waals surface area contributed by atoms with Crippen LogP contribution in [0.5, 0.6) is 0 Å². The van der Waals surface area contributed by atoms with Gasteiger partial charge in [-0.2, -0.15) is 10.2 Å². The largest absolute Gasteiger partial charge is 0.326 e. The molecule has 0 aliphatic rings. The van der Waals surface area contributed by atoms with Gasteiger partial charge in [0.2, 0.25) is 11.8 Å². The lowest BCUT2D eigenvalue weighted by Gasteiger charge is -2.13. The number of nitrogens with one attached hydrogen (secondary N) is 2. The molecule has 168 valence electrons. The van der Waals surface area contributed by atoms with Crippen molar-refractivity contribution in [2.24, 2.45) is 0 Å². The molecule has 9 nitrogen and oxygen atoms in total. The molecule has 0 aliphatic carbocycles. The summed E-state index contributed by atoms with van der Waals surface area (Å²) in [7, 11) is 0. The third-order valence-electron chi connectivity index (χ3n) is 5.02. The van der Waals surface area contributed by atoms with E-state index >= 15 is 0 Å². The molecule has 0 saturated carbocycles. The minimum absolute atomic E-state index is 0.0187. The summed E-state index contributed by atoms with van der Waals surface area (Å²) in [5.41, 5.74) is 2.46. The van der Waals surface area contributed by atoms with Gasteiger partial charge in [-0.1, -0.05) is 38.1 Å². The van der Waals surface area contributed by atoms with Crippen LogP contribution in [0.15, 0.2) is 65.6 Å². The molecular weight excluding hydrogens is 420 g/mol. The summed E-state index contributed by atoms with van der Waals surface area (Å²) in [5, 5.41) is 15.0. The van der Waals surface area contributed by atoms with Gasteiger partial charge in [0, 0.05) is 23.7 Å². The predicted molar refractivity (Wildman–Crippen MR) is 127 cm³/mol. The van der Waals surface area contributed by atoms with Gasteiger partial charge in [0.15, 0.2) is 0 Å². The molecule has 9 heteroatoms. The Morgan fingerprint density at radius 3 is 2.36 bits per heavy atom. The van der Waals surface area contributed by atoms with Crippen molar-refractivity contribution in [2.75, 3.05) is 10.6 Å². The SMILES string of the molecule is CC(=O)Nc1cccc(NC(=O)Cn2nc(C(C)C)c3cnn(-c4ccccc4)c3c2=O)c1. The van der Waals surface area contributed by atoms with Crippen molar-refractivity contribution < 1.29 is 9.59 Å². The first-order chi connectivity index (χ1) is 15.8. The number of hydrogen-bond donors (Lipinski definition) is 2. The summed E-state index contributed by atoms with van der Waals surface area (Å²) < 4.78 is 2.75. The van der Waals surface area contributed by atoms with E-state index in [1.807, 2.05) is 44.2 Å². The van der Waals surface area contributed by atoms with Crippen LogP contribution in [0.3, 0.4) is 0 Å². The monoisotopic (exact) mass is 444 g/mol. The molecule has 2 N–H and O–H groups in total. The molecule has 0 atom stereocenters. The quantitative estimate of drug-likeness (QED) is 0.474. The number of benzene rings is 2. The van der Waals surface area contributed by atoms with Crippen LogP contribution in [0.25, 0.3) is 16.6 Å². The van der Waals surface area contributed by atoms with E-state index < -0.39 is 11.5 Å². The number of para-hydroxylation sites is 1. The van der Waals surface area contributed by atoms with Crippen molar-refractivity contribution in [3.05, 3.63) is 76.8 Å². The minimum Gasteiger partial charge on any atom is -0.326 e. The lowest BCUT2D eigenvalue weighted by atomic mass is 10.1. The number of hydrogen-bond acceptors (Lipinski definition) is 5. The molecule has 0 bridgehead atoms. The topological polar surface area (TPSA) is 111 Å². The van der Waals surface area contributed by atoms with Crippen LogP contribution >= 0.6 is 0 Å². The highest BCUT2D eigenvalue weighted by molar-refractivity contribution is 5.93. The van der Waals surface area contributed by atoms with E-state index in [-0.39, 0.29) is 18.4 Å². The number of rotatable bonds is 6. The van der Waals surface area contributed by atoms with Crippen LogP contribution in [0.1, 0.15) is 32.4 Å². The van der Waals surface area contributed by atoms with E-state index in [0.29, 0.717) is 28.0 Å². The molecule has 0 radical (unpaired) electrons. The Labute approximate surface area is 190 Å². The fraction of sp³-hybridized carbons (Fsp3) is 0.208. The van der Waals surface area contributed by atoms with E-state index in [2.05, 4.69) is 20.8 Å². The third-order valence-corrected chi connectivity index (χ3v) is 5.02. The van der Waals surface area contributed by atoms with Crippen molar-refractivity contribution >= 4 is 34.1 Å². The number of amides is 2. The van der Waals surface area contributed by atoms with Crippen LogP contribution in [0, 0.1) is 0 Å². The Morgan fingerprint density at radius 2 is 1.70 bits per heavy atom. The Morgan fingerprint density at radius 1 is 1.00 bits per heavy atom. The highest BCUT2D eigenvalue weighted by Gasteiger charge is 2.20. The number of aromatic nitrogens is 4. The Bertz CT molecular complexity index is 1390. The average molecular weight is 444 g/mol. The number of anilines is 2. The summed E-state index contributed by atoms with van der Waals surface area (Å²) in [4.78, 5) is 37.4. The zero-order chi connectivity index (χ0) is 23.5. The molecule has 4 rings (SSSR count). The molecule has 0 fully saturated rings. The smallest absolute Gasteiger partial charge is 0.293 e. The van der Waals surface area contributed by atoms with Gasteiger partial charge in [-0.15, -0.1) is 0 Å². The van der Waals surface area contributed by atoms with Gasteiger partial charge in [-0.05, 0) is 36.2 Å². The van der Waals surface area contributed by atoms with Crippen molar-refractivity contribution in [3.63, 3.8) is 0 Å². The maximum Gasteiger partial charge on any atom is 0.293 e. The third kappa shape index (κ3) is 4.67. The number of carbonyl (C=O) groups excluding carboxylic acids is 2. The van der Waals surface area contributed by atoms with Crippen molar-refractivity contribution in [3.8, 4) is 5.69 Å². The second-order valence-corrected chi connectivity index (χ2v) is 7.97. The van der Waals surface area contributed by atoms with Gasteiger partial charge in [0.05, 0.1) is 17.6 Å². The van der Waals surface area contributed by atoms with Gasteiger partial charge in [-0.25, -0.2) is 9.36 Å². The van der Waals surface area contributed by atoms with Crippen LogP contribution in [-0.4, -0.2) is 31.4 Å². The zero-order valence-electron chi connectivity index (χ0n) is 18.6. The van der Waals surface area contributed by atoms with Gasteiger partial charge >= 0.3 is 0 Å². The lowest BCUT2D eigenvalue weighted by molar-refractivity contribution is -0.117. The van der Waals surface area contributed by atoms with Crippen molar-refractivity contribution in [1.29, 1.82) is 0 Å². The molecule has 0 spiro atoms. The normalized spacial score (nSPS) is 11.0. The summed E-state index contributed by atoms with van der Waals surface area (Å²) in [6.07, 6.45) is 1.64. The molecule has 4 aromatic rings. The first-order valence-electron chi connectivity index (χ1n) is 10.5.